The van der Waals surface area contributed by atoms with E-state index in [2.05, 4.69) is 0 Å². The fourth-order valence-corrected chi connectivity index (χ4v) is 1.76. The van der Waals surface area contributed by atoms with Crippen molar-refractivity contribution in [3.05, 3.63) is 59.0 Å². The lowest BCUT2D eigenvalue weighted by atomic mass is 9.99. The molecule has 1 atom stereocenters. The maximum atomic E-state index is 12.5. The number of aliphatic hydroxyl groups excluding tert-OH is 1. The van der Waals surface area contributed by atoms with E-state index in [0.29, 0.717) is 16.9 Å². The normalized spacial score (nSPS) is 13.6. The van der Waals surface area contributed by atoms with E-state index in [-0.39, 0.29) is 0 Å². The minimum atomic E-state index is -4.38. The van der Waals surface area contributed by atoms with E-state index < -0.39 is 17.8 Å². The number of benzene rings is 1. The molecule has 18 heavy (non-hydrogen) atoms. The van der Waals surface area contributed by atoms with Gasteiger partial charge in [0.25, 0.3) is 0 Å². The van der Waals surface area contributed by atoms with Gasteiger partial charge in [0.2, 0.25) is 0 Å². The van der Waals surface area contributed by atoms with Gasteiger partial charge in [-0.15, -0.1) is 0 Å². The van der Waals surface area contributed by atoms with Crippen molar-refractivity contribution in [2.45, 2.75) is 19.2 Å². The predicted molar refractivity (Wildman–Crippen MR) is 59.0 cm³/mol. The molecule has 2 rings (SSSR count). The third-order valence-corrected chi connectivity index (χ3v) is 2.70. The maximum Gasteiger partial charge on any atom is 0.416 e. The second kappa shape index (κ2) is 4.49. The first-order chi connectivity index (χ1) is 8.39. The van der Waals surface area contributed by atoms with Gasteiger partial charge in [0.1, 0.15) is 11.9 Å². The Bertz CT molecular complexity index is 530. The summed E-state index contributed by atoms with van der Waals surface area (Å²) in [7, 11) is 0. The number of furan rings is 1. The highest BCUT2D eigenvalue weighted by molar-refractivity contribution is 5.36. The zero-order valence-electron chi connectivity index (χ0n) is 9.53. The van der Waals surface area contributed by atoms with Crippen molar-refractivity contribution in [3.63, 3.8) is 0 Å². The van der Waals surface area contributed by atoms with Gasteiger partial charge in [0.05, 0.1) is 11.8 Å². The Hall–Kier alpha value is -1.75. The lowest BCUT2D eigenvalue weighted by molar-refractivity contribution is -0.137. The minimum absolute atomic E-state index is 0.304. The molecule has 0 spiro atoms. The Balaban J connectivity index is 2.36. The van der Waals surface area contributed by atoms with Gasteiger partial charge in [0, 0.05) is 0 Å². The molecule has 0 aliphatic carbocycles. The summed E-state index contributed by atoms with van der Waals surface area (Å²) in [6.45, 7) is 1.52. The number of hydrogen-bond acceptors (Lipinski definition) is 2. The average molecular weight is 256 g/mol. The molecule has 1 aromatic heterocycles. The van der Waals surface area contributed by atoms with Crippen molar-refractivity contribution in [3.8, 4) is 0 Å². The van der Waals surface area contributed by atoms with Gasteiger partial charge in [-0.2, -0.15) is 13.2 Å². The van der Waals surface area contributed by atoms with Crippen LogP contribution in [0, 0.1) is 6.92 Å². The van der Waals surface area contributed by atoms with Gasteiger partial charge in [-0.1, -0.05) is 6.07 Å². The molecule has 0 radical (unpaired) electrons. The standard InChI is InChI=1S/C13H11F3O2/c1-8-7-9(13(14,15)16)4-5-10(8)12(17)11-3-2-6-18-11/h2-7,12,17H,1H3. The van der Waals surface area contributed by atoms with Gasteiger partial charge < -0.3 is 9.52 Å². The van der Waals surface area contributed by atoms with E-state index in [4.69, 9.17) is 4.42 Å². The van der Waals surface area contributed by atoms with Gasteiger partial charge >= 0.3 is 6.18 Å². The fourth-order valence-electron chi connectivity index (χ4n) is 1.76. The monoisotopic (exact) mass is 256 g/mol. The van der Waals surface area contributed by atoms with Crippen molar-refractivity contribution < 1.29 is 22.7 Å². The van der Waals surface area contributed by atoms with E-state index in [0.717, 1.165) is 12.1 Å². The molecular weight excluding hydrogens is 245 g/mol. The highest BCUT2D eigenvalue weighted by Crippen LogP contribution is 2.33. The summed E-state index contributed by atoms with van der Waals surface area (Å²) >= 11 is 0. The Morgan fingerprint density at radius 3 is 2.44 bits per heavy atom. The third-order valence-electron chi connectivity index (χ3n) is 2.70. The van der Waals surface area contributed by atoms with E-state index in [1.807, 2.05) is 0 Å². The number of halogens is 3. The van der Waals surface area contributed by atoms with Crippen LogP contribution in [-0.2, 0) is 6.18 Å². The second-order valence-electron chi connectivity index (χ2n) is 3.99. The van der Waals surface area contributed by atoms with Crippen molar-refractivity contribution in [2.24, 2.45) is 0 Å². The Kier molecular flexibility index (Phi) is 3.17. The third kappa shape index (κ3) is 2.41. The van der Waals surface area contributed by atoms with E-state index in [1.165, 1.54) is 19.3 Å². The molecular formula is C13H11F3O2. The molecule has 0 saturated carbocycles. The molecule has 0 amide bonds. The van der Waals surface area contributed by atoms with Crippen LogP contribution in [0.1, 0.15) is 28.6 Å². The van der Waals surface area contributed by atoms with Crippen molar-refractivity contribution in [1.29, 1.82) is 0 Å². The van der Waals surface area contributed by atoms with Crippen LogP contribution in [0.25, 0.3) is 0 Å². The Morgan fingerprint density at radius 2 is 1.94 bits per heavy atom. The van der Waals surface area contributed by atoms with Crippen LogP contribution in [0.3, 0.4) is 0 Å². The molecule has 2 aromatic rings. The molecule has 1 aromatic carbocycles. The van der Waals surface area contributed by atoms with Gasteiger partial charge in [-0.05, 0) is 42.3 Å². The first-order valence-corrected chi connectivity index (χ1v) is 5.29. The molecule has 5 heteroatoms. The summed E-state index contributed by atoms with van der Waals surface area (Å²) < 4.78 is 42.5. The second-order valence-corrected chi connectivity index (χ2v) is 3.99. The summed E-state index contributed by atoms with van der Waals surface area (Å²) in [5.41, 5.74) is 0.0436. The number of aliphatic hydroxyl groups is 1. The molecule has 0 fully saturated rings. The molecule has 0 saturated heterocycles. The highest BCUT2D eigenvalue weighted by atomic mass is 19.4. The molecule has 1 N–H and O–H groups in total. The molecule has 0 bridgehead atoms. The Morgan fingerprint density at radius 1 is 1.22 bits per heavy atom. The van der Waals surface area contributed by atoms with Gasteiger partial charge in [-0.3, -0.25) is 0 Å². The van der Waals surface area contributed by atoms with Crippen LogP contribution >= 0.6 is 0 Å². The quantitative estimate of drug-likeness (QED) is 0.889. The molecule has 2 nitrogen and oxygen atoms in total. The van der Waals surface area contributed by atoms with Crippen molar-refractivity contribution in [2.75, 3.05) is 0 Å². The largest absolute Gasteiger partial charge is 0.466 e. The van der Waals surface area contributed by atoms with Crippen LogP contribution in [0.4, 0.5) is 13.2 Å². The number of rotatable bonds is 2. The summed E-state index contributed by atoms with van der Waals surface area (Å²) in [5, 5.41) is 9.98. The summed E-state index contributed by atoms with van der Waals surface area (Å²) in [6, 6.07) is 6.42. The highest BCUT2D eigenvalue weighted by Gasteiger charge is 2.31. The molecule has 1 heterocycles. The first-order valence-electron chi connectivity index (χ1n) is 5.29. The molecule has 96 valence electrons. The van der Waals surface area contributed by atoms with Crippen LogP contribution in [0.5, 0.6) is 0 Å². The number of hydrogen-bond donors (Lipinski definition) is 1. The fraction of sp³-hybridized carbons (Fsp3) is 0.231. The van der Waals surface area contributed by atoms with Gasteiger partial charge in [-0.25, -0.2) is 0 Å². The zero-order valence-corrected chi connectivity index (χ0v) is 9.53. The lowest BCUT2D eigenvalue weighted by Gasteiger charge is -2.14. The minimum Gasteiger partial charge on any atom is -0.466 e. The number of aryl methyl sites for hydroxylation is 1. The van der Waals surface area contributed by atoms with E-state index in [9.17, 15) is 18.3 Å². The molecule has 0 aliphatic rings. The summed E-state index contributed by atoms with van der Waals surface area (Å²) in [6.07, 6.45) is -4.03. The van der Waals surface area contributed by atoms with Crippen LogP contribution < -0.4 is 0 Å². The smallest absolute Gasteiger partial charge is 0.416 e. The van der Waals surface area contributed by atoms with Crippen LogP contribution in [0.2, 0.25) is 0 Å². The first kappa shape index (κ1) is 12.7. The summed E-state index contributed by atoms with van der Waals surface area (Å²) in [4.78, 5) is 0. The number of alkyl halides is 3. The predicted octanol–water partition coefficient (Wildman–Crippen LogP) is 3.69. The van der Waals surface area contributed by atoms with E-state index in [1.54, 1.807) is 12.1 Å². The molecule has 0 aliphatic heterocycles. The topological polar surface area (TPSA) is 33.4 Å². The maximum absolute atomic E-state index is 12.5. The van der Waals surface area contributed by atoms with Crippen LogP contribution in [-0.4, -0.2) is 5.11 Å². The van der Waals surface area contributed by atoms with E-state index >= 15 is 0 Å². The average Bonchev–Trinajstić information content (AvgIpc) is 2.80. The van der Waals surface area contributed by atoms with Gasteiger partial charge in [0.15, 0.2) is 0 Å². The Labute approximate surface area is 102 Å². The SMILES string of the molecule is Cc1cc(C(F)(F)F)ccc1C(O)c1ccco1. The lowest BCUT2D eigenvalue weighted by Crippen LogP contribution is -2.07. The zero-order chi connectivity index (χ0) is 13.3. The van der Waals surface area contributed by atoms with Crippen molar-refractivity contribution >= 4 is 0 Å². The molecule has 1 unspecified atom stereocenters. The van der Waals surface area contributed by atoms with Crippen molar-refractivity contribution in [1.82, 2.24) is 0 Å². The van der Waals surface area contributed by atoms with Crippen LogP contribution in [0.15, 0.2) is 41.0 Å². The summed E-state index contributed by atoms with van der Waals surface area (Å²) in [5.74, 6) is 0.304.